The largest absolute Gasteiger partial charge is 0.460 e. The summed E-state index contributed by atoms with van der Waals surface area (Å²) in [6.07, 6.45) is 2.40. The van der Waals surface area contributed by atoms with Crippen LogP contribution in [-0.4, -0.2) is 23.1 Å². The van der Waals surface area contributed by atoms with Gasteiger partial charge in [-0.15, -0.1) is 0 Å². The summed E-state index contributed by atoms with van der Waals surface area (Å²) in [7, 11) is 0. The highest BCUT2D eigenvalue weighted by Gasteiger charge is 2.15. The SMILES string of the molecule is CC(C)(C)OC(=O)CCCNc1ncc(C#N)cc1Cl. The maximum absolute atomic E-state index is 11.5. The molecule has 5 nitrogen and oxygen atoms in total. The lowest BCUT2D eigenvalue weighted by Crippen LogP contribution is -2.24. The van der Waals surface area contributed by atoms with Crippen LogP contribution in [0, 0.1) is 11.3 Å². The molecule has 0 saturated heterocycles. The number of rotatable bonds is 5. The third kappa shape index (κ3) is 5.89. The molecular weight excluding hydrogens is 278 g/mol. The molecule has 1 rings (SSSR count). The summed E-state index contributed by atoms with van der Waals surface area (Å²) in [6, 6.07) is 3.51. The first-order valence-electron chi connectivity index (χ1n) is 6.33. The van der Waals surface area contributed by atoms with Crippen molar-refractivity contribution in [3.8, 4) is 6.07 Å². The molecule has 0 unspecified atom stereocenters. The van der Waals surface area contributed by atoms with Crippen LogP contribution < -0.4 is 5.32 Å². The van der Waals surface area contributed by atoms with E-state index in [1.165, 1.54) is 6.20 Å². The van der Waals surface area contributed by atoms with Crippen molar-refractivity contribution in [3.63, 3.8) is 0 Å². The Bertz CT molecular complexity index is 518. The molecule has 1 heterocycles. The number of hydrogen-bond donors (Lipinski definition) is 1. The van der Waals surface area contributed by atoms with Crippen LogP contribution in [0.2, 0.25) is 5.02 Å². The van der Waals surface area contributed by atoms with E-state index in [4.69, 9.17) is 21.6 Å². The number of esters is 1. The Hall–Kier alpha value is -1.80. The molecule has 108 valence electrons. The number of anilines is 1. The number of hydrogen-bond acceptors (Lipinski definition) is 5. The molecule has 0 radical (unpaired) electrons. The first-order valence-corrected chi connectivity index (χ1v) is 6.71. The second-order valence-corrected chi connectivity index (χ2v) is 5.69. The predicted molar refractivity (Wildman–Crippen MR) is 77.5 cm³/mol. The number of nitriles is 1. The number of nitrogens with one attached hydrogen (secondary N) is 1. The van der Waals surface area contributed by atoms with E-state index in [9.17, 15) is 4.79 Å². The molecular formula is C14H18ClN3O2. The van der Waals surface area contributed by atoms with Crippen molar-refractivity contribution >= 4 is 23.4 Å². The lowest BCUT2D eigenvalue weighted by atomic mass is 10.2. The monoisotopic (exact) mass is 295 g/mol. The average Bonchev–Trinajstić information content (AvgIpc) is 2.33. The van der Waals surface area contributed by atoms with Crippen molar-refractivity contribution in [2.75, 3.05) is 11.9 Å². The summed E-state index contributed by atoms with van der Waals surface area (Å²) < 4.78 is 5.20. The maximum Gasteiger partial charge on any atom is 0.306 e. The van der Waals surface area contributed by atoms with Gasteiger partial charge >= 0.3 is 5.97 Å². The molecule has 1 aromatic heterocycles. The Kier molecular flexibility index (Phi) is 5.78. The highest BCUT2D eigenvalue weighted by molar-refractivity contribution is 6.33. The zero-order valence-electron chi connectivity index (χ0n) is 11.9. The third-order valence-corrected chi connectivity index (χ3v) is 2.53. The Morgan fingerprint density at radius 3 is 2.80 bits per heavy atom. The molecule has 0 aliphatic rings. The van der Waals surface area contributed by atoms with Crippen LogP contribution in [0.25, 0.3) is 0 Å². The van der Waals surface area contributed by atoms with Gasteiger partial charge in [-0.25, -0.2) is 4.98 Å². The van der Waals surface area contributed by atoms with Gasteiger partial charge in [0.2, 0.25) is 0 Å². The summed E-state index contributed by atoms with van der Waals surface area (Å²) in [4.78, 5) is 15.5. The quantitative estimate of drug-likeness (QED) is 0.667. The van der Waals surface area contributed by atoms with Crippen molar-refractivity contribution in [1.29, 1.82) is 5.26 Å². The van der Waals surface area contributed by atoms with E-state index in [1.54, 1.807) is 6.07 Å². The minimum absolute atomic E-state index is 0.224. The van der Waals surface area contributed by atoms with Gasteiger partial charge in [-0.1, -0.05) is 11.6 Å². The molecule has 0 spiro atoms. The number of pyridine rings is 1. The molecule has 0 atom stereocenters. The van der Waals surface area contributed by atoms with Gasteiger partial charge in [0.1, 0.15) is 17.5 Å². The molecule has 0 saturated carbocycles. The van der Waals surface area contributed by atoms with Gasteiger partial charge in [-0.2, -0.15) is 5.26 Å². The van der Waals surface area contributed by atoms with E-state index in [-0.39, 0.29) is 5.97 Å². The molecule has 0 bridgehead atoms. The zero-order chi connectivity index (χ0) is 15.2. The number of ether oxygens (including phenoxy) is 1. The van der Waals surface area contributed by atoms with Crippen molar-refractivity contribution < 1.29 is 9.53 Å². The van der Waals surface area contributed by atoms with Crippen LogP contribution in [0.15, 0.2) is 12.3 Å². The van der Waals surface area contributed by atoms with Crippen molar-refractivity contribution in [2.45, 2.75) is 39.2 Å². The van der Waals surface area contributed by atoms with Gasteiger partial charge in [0, 0.05) is 19.2 Å². The first kappa shape index (κ1) is 16.3. The van der Waals surface area contributed by atoms with Crippen LogP contribution >= 0.6 is 11.6 Å². The van der Waals surface area contributed by atoms with Gasteiger partial charge in [0.25, 0.3) is 0 Å². The van der Waals surface area contributed by atoms with E-state index >= 15 is 0 Å². The summed E-state index contributed by atoms with van der Waals surface area (Å²) >= 11 is 5.97. The zero-order valence-corrected chi connectivity index (χ0v) is 12.6. The topological polar surface area (TPSA) is 75.0 Å². The van der Waals surface area contributed by atoms with E-state index in [0.717, 1.165) is 0 Å². The lowest BCUT2D eigenvalue weighted by Gasteiger charge is -2.19. The predicted octanol–water partition coefficient (Wildman–Crippen LogP) is 3.14. The molecule has 0 aliphatic carbocycles. The van der Waals surface area contributed by atoms with E-state index in [0.29, 0.717) is 35.8 Å². The average molecular weight is 296 g/mol. The van der Waals surface area contributed by atoms with E-state index in [2.05, 4.69) is 10.3 Å². The van der Waals surface area contributed by atoms with Crippen LogP contribution in [0.1, 0.15) is 39.2 Å². The number of carbonyl (C=O) groups excluding carboxylic acids is 1. The number of aromatic nitrogens is 1. The molecule has 1 aromatic rings. The Morgan fingerprint density at radius 2 is 2.25 bits per heavy atom. The van der Waals surface area contributed by atoms with E-state index < -0.39 is 5.60 Å². The van der Waals surface area contributed by atoms with Gasteiger partial charge in [-0.3, -0.25) is 4.79 Å². The maximum atomic E-state index is 11.5. The summed E-state index contributed by atoms with van der Waals surface area (Å²) in [5, 5.41) is 12.1. The lowest BCUT2D eigenvalue weighted by molar-refractivity contribution is -0.154. The third-order valence-electron chi connectivity index (χ3n) is 2.24. The Labute approximate surface area is 123 Å². The molecule has 6 heteroatoms. The van der Waals surface area contributed by atoms with Gasteiger partial charge in [-0.05, 0) is 33.3 Å². The van der Waals surface area contributed by atoms with Crippen LogP contribution in [0.4, 0.5) is 5.82 Å². The Morgan fingerprint density at radius 1 is 1.55 bits per heavy atom. The van der Waals surface area contributed by atoms with Crippen LogP contribution in [0.3, 0.4) is 0 Å². The smallest absolute Gasteiger partial charge is 0.306 e. The van der Waals surface area contributed by atoms with Gasteiger partial charge < -0.3 is 10.1 Å². The fourth-order valence-electron chi connectivity index (χ4n) is 1.46. The van der Waals surface area contributed by atoms with Gasteiger partial charge in [0.15, 0.2) is 0 Å². The Balaban J connectivity index is 2.35. The van der Waals surface area contributed by atoms with Crippen LogP contribution in [0.5, 0.6) is 0 Å². The molecule has 20 heavy (non-hydrogen) atoms. The second-order valence-electron chi connectivity index (χ2n) is 5.28. The molecule has 0 fully saturated rings. The molecule has 0 aliphatic heterocycles. The minimum atomic E-state index is -0.456. The molecule has 1 N–H and O–H groups in total. The summed E-state index contributed by atoms with van der Waals surface area (Å²) in [5.74, 6) is 0.285. The summed E-state index contributed by atoms with van der Waals surface area (Å²) in [5.41, 5.74) is -0.0445. The fraction of sp³-hybridized carbons (Fsp3) is 0.500. The van der Waals surface area contributed by atoms with Crippen molar-refractivity contribution in [2.24, 2.45) is 0 Å². The highest BCUT2D eigenvalue weighted by Crippen LogP contribution is 2.19. The normalized spacial score (nSPS) is 10.8. The molecule has 0 aromatic carbocycles. The number of halogens is 1. The minimum Gasteiger partial charge on any atom is -0.460 e. The standard InChI is InChI=1S/C14H18ClN3O2/c1-14(2,3)20-12(19)5-4-6-17-13-11(15)7-10(8-16)9-18-13/h7,9H,4-6H2,1-3H3,(H,17,18). The van der Waals surface area contributed by atoms with Crippen molar-refractivity contribution in [3.05, 3.63) is 22.8 Å². The first-order chi connectivity index (χ1) is 9.31. The van der Waals surface area contributed by atoms with Crippen LogP contribution in [-0.2, 0) is 9.53 Å². The number of carbonyl (C=O) groups is 1. The highest BCUT2D eigenvalue weighted by atomic mass is 35.5. The van der Waals surface area contributed by atoms with Gasteiger partial charge in [0.05, 0.1) is 10.6 Å². The van der Waals surface area contributed by atoms with E-state index in [1.807, 2.05) is 26.8 Å². The summed E-state index contributed by atoms with van der Waals surface area (Å²) in [6.45, 7) is 6.06. The number of nitrogens with zero attached hydrogens (tertiary/aromatic N) is 2. The molecule has 0 amide bonds. The second kappa shape index (κ2) is 7.11. The van der Waals surface area contributed by atoms with Crippen molar-refractivity contribution in [1.82, 2.24) is 4.98 Å². The fourth-order valence-corrected chi connectivity index (χ4v) is 1.69.